The van der Waals surface area contributed by atoms with Crippen LogP contribution in [0.25, 0.3) is 10.9 Å². The van der Waals surface area contributed by atoms with Crippen LogP contribution in [0, 0.1) is 6.92 Å². The van der Waals surface area contributed by atoms with Crippen molar-refractivity contribution in [2.75, 3.05) is 19.3 Å². The van der Waals surface area contributed by atoms with Crippen LogP contribution in [0.2, 0.25) is 0 Å². The summed E-state index contributed by atoms with van der Waals surface area (Å²) >= 11 is 0. The molecule has 40 heavy (non-hydrogen) atoms. The lowest BCUT2D eigenvalue weighted by atomic mass is 9.88. The van der Waals surface area contributed by atoms with Crippen LogP contribution in [0.1, 0.15) is 49.8 Å². The van der Waals surface area contributed by atoms with Crippen LogP contribution in [0.15, 0.2) is 54.7 Å². The predicted molar refractivity (Wildman–Crippen MR) is 151 cm³/mol. The molecule has 2 N–H and O–H groups in total. The number of aromatic nitrogens is 1. The van der Waals surface area contributed by atoms with E-state index in [-0.39, 0.29) is 26.1 Å². The Kier molecular flexibility index (Phi) is 8.74. The van der Waals surface area contributed by atoms with Gasteiger partial charge in [-0.2, -0.15) is 8.42 Å². The number of hydrogen-bond donors (Lipinski definition) is 2. The minimum Gasteiger partial charge on any atom is -0.445 e. The molecule has 1 aliphatic heterocycles. The number of fused-ring (bicyclic) bond motifs is 1. The Bertz CT molecular complexity index is 1450. The number of carbonyl (C=O) groups is 2. The minimum atomic E-state index is -3.84. The highest BCUT2D eigenvalue weighted by atomic mass is 32.2. The zero-order chi connectivity index (χ0) is 29.1. The first-order chi connectivity index (χ1) is 18.8. The number of H-pyrrole nitrogens is 1. The summed E-state index contributed by atoms with van der Waals surface area (Å²) in [5.74, 6) is -0.553. The van der Waals surface area contributed by atoms with Crippen LogP contribution in [0.4, 0.5) is 9.59 Å². The number of aromatic amines is 1. The highest BCUT2D eigenvalue weighted by Crippen LogP contribution is 2.37. The molecular formula is C29H37N3O7S. The van der Waals surface area contributed by atoms with E-state index in [0.717, 1.165) is 33.8 Å². The summed E-state index contributed by atoms with van der Waals surface area (Å²) in [5.41, 5.74) is 2.84. The van der Waals surface area contributed by atoms with Gasteiger partial charge in [0.15, 0.2) is 0 Å². The molecule has 10 nitrogen and oxygen atoms in total. The molecule has 1 aliphatic rings. The van der Waals surface area contributed by atoms with Crippen molar-refractivity contribution in [3.8, 4) is 0 Å². The zero-order valence-electron chi connectivity index (χ0n) is 23.5. The number of alkyl carbamates (subject to hydrolysis) is 1. The second kappa shape index (κ2) is 11.9. The maximum Gasteiger partial charge on any atom is 0.410 e. The van der Waals surface area contributed by atoms with Crippen LogP contribution in [-0.2, 0) is 30.4 Å². The van der Waals surface area contributed by atoms with E-state index in [9.17, 15) is 18.0 Å². The van der Waals surface area contributed by atoms with Gasteiger partial charge in [-0.15, -0.1) is 0 Å². The van der Waals surface area contributed by atoms with Gasteiger partial charge in [0.05, 0.1) is 18.4 Å². The Morgan fingerprint density at radius 1 is 1.15 bits per heavy atom. The van der Waals surface area contributed by atoms with Crippen LogP contribution in [0.3, 0.4) is 0 Å². The molecule has 216 valence electrons. The molecule has 1 aromatic heterocycles. The smallest absolute Gasteiger partial charge is 0.410 e. The third kappa shape index (κ3) is 7.54. The van der Waals surface area contributed by atoms with E-state index >= 15 is 0 Å². The van der Waals surface area contributed by atoms with Crippen LogP contribution in [-0.4, -0.2) is 67.6 Å². The van der Waals surface area contributed by atoms with Crippen molar-refractivity contribution in [3.63, 3.8) is 0 Å². The van der Waals surface area contributed by atoms with E-state index < -0.39 is 46.0 Å². The van der Waals surface area contributed by atoms with Gasteiger partial charge >= 0.3 is 12.2 Å². The highest BCUT2D eigenvalue weighted by Gasteiger charge is 2.46. The Balaban J connectivity index is 1.68. The van der Waals surface area contributed by atoms with Gasteiger partial charge in [0.2, 0.25) is 0 Å². The van der Waals surface area contributed by atoms with Crippen molar-refractivity contribution in [2.24, 2.45) is 0 Å². The molecule has 2 amide bonds. The van der Waals surface area contributed by atoms with E-state index in [2.05, 4.69) is 10.3 Å². The summed E-state index contributed by atoms with van der Waals surface area (Å²) in [5, 5.41) is 3.72. The number of nitrogens with one attached hydrogen (secondary N) is 2. The lowest BCUT2D eigenvalue weighted by Gasteiger charge is -2.35. The average Bonchev–Trinajstić information content (AvgIpc) is 3.46. The third-order valence-electron chi connectivity index (χ3n) is 6.68. The van der Waals surface area contributed by atoms with Crippen molar-refractivity contribution < 1.29 is 31.7 Å². The molecule has 3 aromatic rings. The normalized spacial score (nSPS) is 18.5. The third-order valence-corrected chi connectivity index (χ3v) is 7.28. The van der Waals surface area contributed by atoms with Gasteiger partial charge in [0.25, 0.3) is 10.1 Å². The maximum absolute atomic E-state index is 13.3. The van der Waals surface area contributed by atoms with Crippen molar-refractivity contribution >= 4 is 33.2 Å². The van der Waals surface area contributed by atoms with Crippen molar-refractivity contribution in [3.05, 3.63) is 71.4 Å². The molecule has 3 atom stereocenters. The number of amides is 2. The summed E-state index contributed by atoms with van der Waals surface area (Å²) in [6.45, 7) is 7.67. The summed E-state index contributed by atoms with van der Waals surface area (Å²) in [4.78, 5) is 30.9. The van der Waals surface area contributed by atoms with E-state index in [1.54, 1.807) is 20.8 Å². The number of aryl methyl sites for hydroxylation is 1. The number of rotatable bonds is 8. The summed E-state index contributed by atoms with van der Waals surface area (Å²) in [7, 11) is -3.84. The average molecular weight is 572 g/mol. The number of nitrogens with zero attached hydrogens (tertiary/aromatic N) is 1. The van der Waals surface area contributed by atoms with Gasteiger partial charge in [-0.05, 0) is 56.9 Å². The SMILES string of the molecule is Cc1ccc2c(C(CNC(=O)OCc3ccccc3)C3C(OS(C)(=O)=O)CCN3C(=O)OC(C)(C)C)c[nH]c2c1. The van der Waals surface area contributed by atoms with Crippen molar-refractivity contribution in [1.82, 2.24) is 15.2 Å². The summed E-state index contributed by atoms with van der Waals surface area (Å²) in [6, 6.07) is 14.5. The van der Waals surface area contributed by atoms with Gasteiger partial charge in [-0.3, -0.25) is 4.18 Å². The number of hydrogen-bond acceptors (Lipinski definition) is 7. The number of carbonyl (C=O) groups excluding carboxylic acids is 2. The van der Waals surface area contributed by atoms with E-state index in [1.807, 2.05) is 61.7 Å². The molecule has 0 saturated carbocycles. The zero-order valence-corrected chi connectivity index (χ0v) is 24.3. The molecule has 2 heterocycles. The predicted octanol–water partition coefficient (Wildman–Crippen LogP) is 4.84. The monoisotopic (exact) mass is 571 g/mol. The van der Waals surface area contributed by atoms with Crippen molar-refractivity contribution in [1.29, 1.82) is 0 Å². The topological polar surface area (TPSA) is 127 Å². The van der Waals surface area contributed by atoms with E-state index in [4.69, 9.17) is 13.7 Å². The highest BCUT2D eigenvalue weighted by molar-refractivity contribution is 7.86. The number of benzene rings is 2. The second-order valence-corrected chi connectivity index (χ2v) is 12.7. The van der Waals surface area contributed by atoms with E-state index in [0.29, 0.717) is 0 Å². The maximum atomic E-state index is 13.3. The molecule has 1 fully saturated rings. The molecule has 1 saturated heterocycles. The quantitative estimate of drug-likeness (QED) is 0.371. The van der Waals surface area contributed by atoms with Crippen LogP contribution >= 0.6 is 0 Å². The fourth-order valence-electron chi connectivity index (χ4n) is 5.08. The Labute approximate surface area is 235 Å². The van der Waals surface area contributed by atoms with Gasteiger partial charge in [-0.25, -0.2) is 9.59 Å². The van der Waals surface area contributed by atoms with Crippen LogP contribution < -0.4 is 5.32 Å². The van der Waals surface area contributed by atoms with Gasteiger partial charge < -0.3 is 24.7 Å². The Morgan fingerprint density at radius 2 is 1.88 bits per heavy atom. The van der Waals surface area contributed by atoms with Crippen molar-refractivity contribution in [2.45, 2.75) is 64.4 Å². The van der Waals surface area contributed by atoms with Crippen LogP contribution in [0.5, 0.6) is 0 Å². The standard InChI is InChI=1S/C29H37N3O7S/c1-19-11-12-21-22(16-30-24(21)15-19)23(17-31-27(33)37-18-20-9-7-6-8-10-20)26-25(39-40(5,35)36)13-14-32(26)28(34)38-29(2,3)4/h6-12,15-16,23,25-26,30H,13-14,17-18H2,1-5H3,(H,31,33). The summed E-state index contributed by atoms with van der Waals surface area (Å²) < 4.78 is 41.1. The molecule has 0 spiro atoms. The summed E-state index contributed by atoms with van der Waals surface area (Å²) in [6.07, 6.45) is 1.05. The molecule has 11 heteroatoms. The minimum absolute atomic E-state index is 0.0576. The molecule has 0 bridgehead atoms. The molecule has 2 aromatic carbocycles. The number of likely N-dealkylation sites (tertiary alicyclic amines) is 1. The lowest BCUT2D eigenvalue weighted by Crippen LogP contribution is -2.49. The molecule has 4 rings (SSSR count). The fourth-order valence-corrected chi connectivity index (χ4v) is 5.74. The fraction of sp³-hybridized carbons (Fsp3) is 0.448. The van der Waals surface area contributed by atoms with E-state index in [1.165, 1.54) is 4.90 Å². The second-order valence-electron chi connectivity index (χ2n) is 11.1. The van der Waals surface area contributed by atoms with Gasteiger partial charge in [0.1, 0.15) is 12.2 Å². The first-order valence-electron chi connectivity index (χ1n) is 13.2. The Hall–Kier alpha value is -3.57. The molecule has 0 aliphatic carbocycles. The Morgan fingerprint density at radius 3 is 2.55 bits per heavy atom. The first-order valence-corrected chi connectivity index (χ1v) is 15.0. The largest absolute Gasteiger partial charge is 0.445 e. The van der Waals surface area contributed by atoms with Gasteiger partial charge in [0, 0.05) is 36.1 Å². The molecular weight excluding hydrogens is 534 g/mol. The van der Waals surface area contributed by atoms with Gasteiger partial charge in [-0.1, -0.05) is 42.5 Å². The molecule has 3 unspecified atom stereocenters. The first kappa shape index (κ1) is 29.4. The lowest BCUT2D eigenvalue weighted by molar-refractivity contribution is 0.0141. The molecule has 0 radical (unpaired) electrons. The number of ether oxygens (including phenoxy) is 2.